The lowest BCUT2D eigenvalue weighted by atomic mass is 9.93. The van der Waals surface area contributed by atoms with Gasteiger partial charge in [0.1, 0.15) is 0 Å². The Hall–Kier alpha value is -2.21. The van der Waals surface area contributed by atoms with E-state index in [4.69, 9.17) is 4.52 Å². The highest BCUT2D eigenvalue weighted by atomic mass is 16.5. The van der Waals surface area contributed by atoms with Crippen molar-refractivity contribution in [2.24, 2.45) is 5.92 Å². The number of rotatable bonds is 5. The second-order valence-corrected chi connectivity index (χ2v) is 8.98. The topological polar surface area (TPSA) is 71.3 Å². The molecule has 0 unspecified atom stereocenters. The summed E-state index contributed by atoms with van der Waals surface area (Å²) in [5.74, 6) is 1.68. The molecule has 30 heavy (non-hydrogen) atoms. The van der Waals surface area contributed by atoms with Crippen LogP contribution in [0.5, 0.6) is 0 Å². The summed E-state index contributed by atoms with van der Waals surface area (Å²) in [6, 6.07) is 8.53. The maximum atomic E-state index is 12.7. The molecule has 4 rings (SSSR count). The predicted octanol–water partition coefficient (Wildman–Crippen LogP) is 4.49. The summed E-state index contributed by atoms with van der Waals surface area (Å²) in [6.07, 6.45) is 10.6. The van der Waals surface area contributed by atoms with Crippen molar-refractivity contribution in [1.29, 1.82) is 0 Å². The van der Waals surface area contributed by atoms with E-state index in [1.165, 1.54) is 37.7 Å². The fourth-order valence-electron chi connectivity index (χ4n) is 4.60. The Balaban J connectivity index is 1.23. The molecule has 0 atom stereocenters. The summed E-state index contributed by atoms with van der Waals surface area (Å²) in [6.45, 7) is 4.50. The SMILES string of the molecule is Cc1ccc(-c2noc(CN3CCC(C(=O)NC4CCCCCCC4)CC3)n2)cc1. The molecule has 1 aliphatic heterocycles. The monoisotopic (exact) mass is 410 g/mol. The van der Waals surface area contributed by atoms with Gasteiger partial charge >= 0.3 is 0 Å². The zero-order valence-electron chi connectivity index (χ0n) is 18.1. The van der Waals surface area contributed by atoms with Crippen molar-refractivity contribution >= 4 is 5.91 Å². The van der Waals surface area contributed by atoms with Crippen LogP contribution < -0.4 is 5.32 Å². The lowest BCUT2D eigenvalue weighted by Gasteiger charge is -2.31. The smallest absolute Gasteiger partial charge is 0.241 e. The van der Waals surface area contributed by atoms with E-state index in [0.29, 0.717) is 24.3 Å². The van der Waals surface area contributed by atoms with Gasteiger partial charge in [-0.25, -0.2) is 0 Å². The van der Waals surface area contributed by atoms with Gasteiger partial charge in [-0.05, 0) is 45.7 Å². The third kappa shape index (κ3) is 5.69. The van der Waals surface area contributed by atoms with Crippen molar-refractivity contribution < 1.29 is 9.32 Å². The molecule has 1 saturated carbocycles. The lowest BCUT2D eigenvalue weighted by Crippen LogP contribution is -2.43. The number of likely N-dealkylation sites (tertiary alicyclic amines) is 1. The Morgan fingerprint density at radius 3 is 2.40 bits per heavy atom. The Morgan fingerprint density at radius 1 is 1.03 bits per heavy atom. The number of piperidine rings is 1. The minimum Gasteiger partial charge on any atom is -0.353 e. The molecule has 0 bridgehead atoms. The maximum absolute atomic E-state index is 12.7. The van der Waals surface area contributed by atoms with Gasteiger partial charge in [-0.15, -0.1) is 0 Å². The van der Waals surface area contributed by atoms with Crippen LogP contribution in [0.25, 0.3) is 11.4 Å². The van der Waals surface area contributed by atoms with Crippen LogP contribution in [0.3, 0.4) is 0 Å². The lowest BCUT2D eigenvalue weighted by molar-refractivity contribution is -0.127. The highest BCUT2D eigenvalue weighted by Gasteiger charge is 2.27. The summed E-state index contributed by atoms with van der Waals surface area (Å²) in [5.41, 5.74) is 2.18. The molecule has 1 aliphatic carbocycles. The Labute approximate surface area is 179 Å². The minimum atomic E-state index is 0.137. The van der Waals surface area contributed by atoms with Crippen molar-refractivity contribution in [2.45, 2.75) is 77.3 Å². The molecule has 2 aliphatic rings. The fourth-order valence-corrected chi connectivity index (χ4v) is 4.60. The third-order valence-electron chi connectivity index (χ3n) is 6.55. The van der Waals surface area contributed by atoms with E-state index in [1.807, 2.05) is 12.1 Å². The highest BCUT2D eigenvalue weighted by Crippen LogP contribution is 2.22. The van der Waals surface area contributed by atoms with Gasteiger partial charge in [0.05, 0.1) is 6.54 Å². The number of hydrogen-bond acceptors (Lipinski definition) is 5. The van der Waals surface area contributed by atoms with Crippen LogP contribution in [0, 0.1) is 12.8 Å². The fraction of sp³-hybridized carbons (Fsp3) is 0.625. The standard InChI is InChI=1S/C24H34N4O2/c1-18-9-11-19(12-10-18)23-26-22(30-27-23)17-28-15-13-20(14-16-28)24(29)25-21-7-5-3-2-4-6-8-21/h9-12,20-21H,2-8,13-17H2,1H3,(H,25,29). The molecule has 1 N–H and O–H groups in total. The van der Waals surface area contributed by atoms with Gasteiger partial charge in [-0.3, -0.25) is 9.69 Å². The van der Waals surface area contributed by atoms with Crippen LogP contribution in [-0.4, -0.2) is 40.1 Å². The van der Waals surface area contributed by atoms with E-state index in [2.05, 4.69) is 39.4 Å². The number of nitrogens with one attached hydrogen (secondary N) is 1. The quantitative estimate of drug-likeness (QED) is 0.786. The number of aryl methyl sites for hydroxylation is 1. The molecule has 0 radical (unpaired) electrons. The largest absolute Gasteiger partial charge is 0.353 e. The van der Waals surface area contributed by atoms with E-state index in [1.54, 1.807) is 0 Å². The van der Waals surface area contributed by atoms with Crippen molar-refractivity contribution in [1.82, 2.24) is 20.4 Å². The molecule has 1 amide bonds. The van der Waals surface area contributed by atoms with Gasteiger partial charge in [0, 0.05) is 17.5 Å². The molecule has 1 aromatic carbocycles. The first-order valence-electron chi connectivity index (χ1n) is 11.6. The van der Waals surface area contributed by atoms with Gasteiger partial charge in [-0.2, -0.15) is 4.98 Å². The molecule has 0 spiro atoms. The van der Waals surface area contributed by atoms with E-state index in [-0.39, 0.29) is 11.8 Å². The van der Waals surface area contributed by atoms with Crippen LogP contribution >= 0.6 is 0 Å². The molecule has 2 aromatic rings. The van der Waals surface area contributed by atoms with Crippen LogP contribution in [0.1, 0.15) is 69.2 Å². The molecule has 1 aromatic heterocycles. The van der Waals surface area contributed by atoms with Crippen LogP contribution in [0.15, 0.2) is 28.8 Å². The number of benzene rings is 1. The second kappa shape index (κ2) is 10.2. The normalized spacial score (nSPS) is 19.9. The Morgan fingerprint density at radius 2 is 1.70 bits per heavy atom. The summed E-state index contributed by atoms with van der Waals surface area (Å²) >= 11 is 0. The Bertz CT molecular complexity index is 801. The zero-order valence-corrected chi connectivity index (χ0v) is 18.1. The summed E-state index contributed by atoms with van der Waals surface area (Å²) in [7, 11) is 0. The molecule has 162 valence electrons. The first kappa shape index (κ1) is 21.0. The van der Waals surface area contributed by atoms with Crippen molar-refractivity contribution in [2.75, 3.05) is 13.1 Å². The molecular weight excluding hydrogens is 376 g/mol. The molecule has 6 heteroatoms. The first-order valence-corrected chi connectivity index (χ1v) is 11.6. The number of aromatic nitrogens is 2. The van der Waals surface area contributed by atoms with Crippen molar-refractivity contribution in [3.63, 3.8) is 0 Å². The maximum Gasteiger partial charge on any atom is 0.241 e. The molecule has 2 fully saturated rings. The van der Waals surface area contributed by atoms with Crippen molar-refractivity contribution in [3.8, 4) is 11.4 Å². The van der Waals surface area contributed by atoms with E-state index in [9.17, 15) is 4.79 Å². The molecule has 2 heterocycles. The van der Waals surface area contributed by atoms with Crippen LogP contribution in [0.2, 0.25) is 0 Å². The van der Waals surface area contributed by atoms with Gasteiger partial charge < -0.3 is 9.84 Å². The van der Waals surface area contributed by atoms with E-state index in [0.717, 1.165) is 44.3 Å². The molecular formula is C24H34N4O2. The number of amides is 1. The number of carbonyl (C=O) groups is 1. The summed E-state index contributed by atoms with van der Waals surface area (Å²) in [4.78, 5) is 19.6. The van der Waals surface area contributed by atoms with Crippen molar-refractivity contribution in [3.05, 3.63) is 35.7 Å². The van der Waals surface area contributed by atoms with Gasteiger partial charge in [0.2, 0.25) is 17.6 Å². The Kier molecular flexibility index (Phi) is 7.16. The second-order valence-electron chi connectivity index (χ2n) is 8.98. The average Bonchev–Trinajstić information content (AvgIpc) is 3.19. The van der Waals surface area contributed by atoms with E-state index < -0.39 is 0 Å². The van der Waals surface area contributed by atoms with Gasteiger partial charge in [0.15, 0.2) is 0 Å². The van der Waals surface area contributed by atoms with Gasteiger partial charge in [-0.1, -0.05) is 67.1 Å². The van der Waals surface area contributed by atoms with Gasteiger partial charge in [0.25, 0.3) is 0 Å². The predicted molar refractivity (Wildman–Crippen MR) is 117 cm³/mol. The van der Waals surface area contributed by atoms with Crippen LogP contribution in [0.4, 0.5) is 0 Å². The first-order chi connectivity index (χ1) is 14.7. The number of carbonyl (C=O) groups excluding carboxylic acids is 1. The third-order valence-corrected chi connectivity index (χ3v) is 6.55. The van der Waals surface area contributed by atoms with Crippen LogP contribution in [-0.2, 0) is 11.3 Å². The minimum absolute atomic E-state index is 0.137. The summed E-state index contributed by atoms with van der Waals surface area (Å²) < 4.78 is 5.47. The molecule has 1 saturated heterocycles. The number of nitrogens with zero attached hydrogens (tertiary/aromatic N) is 3. The summed E-state index contributed by atoms with van der Waals surface area (Å²) in [5, 5.41) is 7.48. The highest BCUT2D eigenvalue weighted by molar-refractivity contribution is 5.79. The molecule has 6 nitrogen and oxygen atoms in total. The number of hydrogen-bond donors (Lipinski definition) is 1. The van der Waals surface area contributed by atoms with E-state index >= 15 is 0 Å². The zero-order chi connectivity index (χ0) is 20.8. The average molecular weight is 411 g/mol.